The summed E-state index contributed by atoms with van der Waals surface area (Å²) >= 11 is 1.53. The second-order valence-electron chi connectivity index (χ2n) is 5.40. The molecule has 1 aromatic rings. The molecule has 0 radical (unpaired) electrons. The lowest BCUT2D eigenvalue weighted by Crippen LogP contribution is -2.35. The zero-order chi connectivity index (χ0) is 14.4. The van der Waals surface area contributed by atoms with Gasteiger partial charge in [-0.15, -0.1) is 11.8 Å². The summed E-state index contributed by atoms with van der Waals surface area (Å²) in [5.41, 5.74) is 0. The number of carbonyl (C=O) groups excluding carboxylic acids is 1. The van der Waals surface area contributed by atoms with Crippen molar-refractivity contribution in [2.75, 3.05) is 18.9 Å². The second-order valence-corrected chi connectivity index (χ2v) is 6.45. The van der Waals surface area contributed by atoms with Gasteiger partial charge in [-0.25, -0.2) is 0 Å². The first-order valence-electron chi connectivity index (χ1n) is 7.08. The standard InChI is InChI=1S/C15H22N2O2S/c1-11(2)15-12(5-8-19-15)9-17-14(18)10-20-13-3-6-16-7-4-13/h3-4,6-7,11-12,15H,5,8-10H2,1-2H3,(H,17,18)/t12-,15-/m0/s1. The molecule has 2 heterocycles. The van der Waals surface area contributed by atoms with Crippen molar-refractivity contribution >= 4 is 17.7 Å². The maximum Gasteiger partial charge on any atom is 0.230 e. The van der Waals surface area contributed by atoms with Crippen molar-refractivity contribution < 1.29 is 9.53 Å². The number of rotatable bonds is 6. The molecule has 1 saturated heterocycles. The Morgan fingerprint density at radius 2 is 2.25 bits per heavy atom. The minimum absolute atomic E-state index is 0.0845. The Bertz CT molecular complexity index is 425. The number of pyridine rings is 1. The van der Waals surface area contributed by atoms with Crippen molar-refractivity contribution in [1.82, 2.24) is 10.3 Å². The molecule has 1 amide bonds. The van der Waals surface area contributed by atoms with Gasteiger partial charge in [-0.2, -0.15) is 0 Å². The van der Waals surface area contributed by atoms with Crippen molar-refractivity contribution in [2.24, 2.45) is 11.8 Å². The molecule has 2 atom stereocenters. The number of ether oxygens (including phenoxy) is 1. The number of carbonyl (C=O) groups is 1. The van der Waals surface area contributed by atoms with Crippen LogP contribution < -0.4 is 5.32 Å². The molecule has 0 spiro atoms. The van der Waals surface area contributed by atoms with Gasteiger partial charge in [0.25, 0.3) is 0 Å². The highest BCUT2D eigenvalue weighted by Gasteiger charge is 2.30. The summed E-state index contributed by atoms with van der Waals surface area (Å²) in [5, 5.41) is 3.02. The van der Waals surface area contributed by atoms with Crippen LogP contribution >= 0.6 is 11.8 Å². The summed E-state index contributed by atoms with van der Waals surface area (Å²) in [7, 11) is 0. The summed E-state index contributed by atoms with van der Waals surface area (Å²) in [6.45, 7) is 5.88. The van der Waals surface area contributed by atoms with E-state index in [1.54, 1.807) is 12.4 Å². The minimum atomic E-state index is 0.0845. The number of thioether (sulfide) groups is 1. The van der Waals surface area contributed by atoms with E-state index in [1.165, 1.54) is 11.8 Å². The van der Waals surface area contributed by atoms with Crippen molar-refractivity contribution in [2.45, 2.75) is 31.3 Å². The van der Waals surface area contributed by atoms with E-state index in [0.29, 0.717) is 17.6 Å². The average molecular weight is 294 g/mol. The van der Waals surface area contributed by atoms with Gasteiger partial charge < -0.3 is 10.1 Å². The van der Waals surface area contributed by atoms with Gasteiger partial charge in [-0.1, -0.05) is 13.8 Å². The van der Waals surface area contributed by atoms with Crippen LogP contribution in [0.5, 0.6) is 0 Å². The largest absolute Gasteiger partial charge is 0.378 e. The number of hydrogen-bond acceptors (Lipinski definition) is 4. The Morgan fingerprint density at radius 1 is 1.50 bits per heavy atom. The van der Waals surface area contributed by atoms with Gasteiger partial charge in [0.2, 0.25) is 5.91 Å². The first-order valence-corrected chi connectivity index (χ1v) is 8.06. The number of nitrogens with zero attached hydrogens (tertiary/aromatic N) is 1. The summed E-state index contributed by atoms with van der Waals surface area (Å²) in [5.74, 6) is 1.49. The van der Waals surface area contributed by atoms with Gasteiger partial charge in [0, 0.05) is 36.4 Å². The Balaban J connectivity index is 1.70. The quantitative estimate of drug-likeness (QED) is 0.818. The highest BCUT2D eigenvalue weighted by molar-refractivity contribution is 8.00. The molecule has 0 unspecified atom stereocenters. The summed E-state index contributed by atoms with van der Waals surface area (Å²) in [6.07, 6.45) is 4.80. The Hall–Kier alpha value is -1.07. The third-order valence-corrected chi connectivity index (χ3v) is 4.51. The molecule has 20 heavy (non-hydrogen) atoms. The van der Waals surface area contributed by atoms with Crippen LogP contribution in [0.4, 0.5) is 0 Å². The van der Waals surface area contributed by atoms with Gasteiger partial charge in [0.1, 0.15) is 0 Å². The van der Waals surface area contributed by atoms with E-state index in [-0.39, 0.29) is 12.0 Å². The fourth-order valence-corrected chi connectivity index (χ4v) is 3.20. The summed E-state index contributed by atoms with van der Waals surface area (Å²) < 4.78 is 5.73. The van der Waals surface area contributed by atoms with Gasteiger partial charge in [0.15, 0.2) is 0 Å². The third kappa shape index (κ3) is 4.49. The van der Waals surface area contributed by atoms with Crippen molar-refractivity contribution in [3.05, 3.63) is 24.5 Å². The Morgan fingerprint density at radius 3 is 2.95 bits per heavy atom. The predicted molar refractivity (Wildman–Crippen MR) is 80.7 cm³/mol. The summed E-state index contributed by atoms with van der Waals surface area (Å²) in [4.78, 5) is 16.9. The lowest BCUT2D eigenvalue weighted by atomic mass is 9.93. The number of aromatic nitrogens is 1. The lowest BCUT2D eigenvalue weighted by molar-refractivity contribution is -0.118. The van der Waals surface area contributed by atoms with Crippen LogP contribution in [0.25, 0.3) is 0 Å². The highest BCUT2D eigenvalue weighted by Crippen LogP contribution is 2.26. The van der Waals surface area contributed by atoms with Gasteiger partial charge >= 0.3 is 0 Å². The molecular weight excluding hydrogens is 272 g/mol. The van der Waals surface area contributed by atoms with Crippen LogP contribution in [0, 0.1) is 11.8 Å². The molecule has 1 aromatic heterocycles. The van der Waals surface area contributed by atoms with Crippen molar-refractivity contribution in [3.63, 3.8) is 0 Å². The molecule has 5 heteroatoms. The Kier molecular flexibility index (Phi) is 5.86. The van der Waals surface area contributed by atoms with Gasteiger partial charge in [0.05, 0.1) is 11.9 Å². The molecule has 1 aliphatic rings. The monoisotopic (exact) mass is 294 g/mol. The van der Waals surface area contributed by atoms with Crippen LogP contribution in [0.3, 0.4) is 0 Å². The molecule has 0 aliphatic carbocycles. The third-order valence-electron chi connectivity index (χ3n) is 3.50. The zero-order valence-electron chi connectivity index (χ0n) is 12.0. The maximum atomic E-state index is 11.9. The fraction of sp³-hybridized carbons (Fsp3) is 0.600. The highest BCUT2D eigenvalue weighted by atomic mass is 32.2. The molecule has 110 valence electrons. The van der Waals surface area contributed by atoms with E-state index in [4.69, 9.17) is 4.74 Å². The van der Waals surface area contributed by atoms with E-state index in [1.807, 2.05) is 12.1 Å². The van der Waals surface area contributed by atoms with Crippen LogP contribution in [-0.2, 0) is 9.53 Å². The van der Waals surface area contributed by atoms with Crippen LogP contribution in [0.1, 0.15) is 20.3 Å². The van der Waals surface area contributed by atoms with E-state index >= 15 is 0 Å². The van der Waals surface area contributed by atoms with E-state index < -0.39 is 0 Å². The summed E-state index contributed by atoms with van der Waals surface area (Å²) in [6, 6.07) is 3.83. The molecule has 1 N–H and O–H groups in total. The van der Waals surface area contributed by atoms with Gasteiger partial charge in [-0.05, 0) is 24.5 Å². The number of amides is 1. The average Bonchev–Trinajstić information content (AvgIpc) is 2.92. The first-order chi connectivity index (χ1) is 9.66. The topological polar surface area (TPSA) is 51.2 Å². The molecule has 2 rings (SSSR count). The fourth-order valence-electron chi connectivity index (χ4n) is 2.49. The molecule has 1 fully saturated rings. The molecule has 0 aromatic carbocycles. The number of hydrogen-bond donors (Lipinski definition) is 1. The normalized spacial score (nSPS) is 22.1. The number of nitrogens with one attached hydrogen (secondary N) is 1. The molecule has 4 nitrogen and oxygen atoms in total. The second kappa shape index (κ2) is 7.64. The lowest BCUT2D eigenvalue weighted by Gasteiger charge is -2.22. The molecule has 0 bridgehead atoms. The molecule has 1 aliphatic heterocycles. The van der Waals surface area contributed by atoms with E-state index in [2.05, 4.69) is 24.1 Å². The van der Waals surface area contributed by atoms with Crippen molar-refractivity contribution in [3.8, 4) is 0 Å². The van der Waals surface area contributed by atoms with E-state index in [9.17, 15) is 4.79 Å². The smallest absolute Gasteiger partial charge is 0.230 e. The van der Waals surface area contributed by atoms with Crippen LogP contribution in [-0.4, -0.2) is 35.9 Å². The molecule has 0 saturated carbocycles. The zero-order valence-corrected chi connectivity index (χ0v) is 12.9. The molecular formula is C15H22N2O2S. The van der Waals surface area contributed by atoms with Crippen molar-refractivity contribution in [1.29, 1.82) is 0 Å². The SMILES string of the molecule is CC(C)[C@@H]1OCC[C@H]1CNC(=O)CSc1ccncc1. The first kappa shape index (κ1) is 15.3. The van der Waals surface area contributed by atoms with Gasteiger partial charge in [-0.3, -0.25) is 9.78 Å². The van der Waals surface area contributed by atoms with Crippen LogP contribution in [0.2, 0.25) is 0 Å². The van der Waals surface area contributed by atoms with Crippen LogP contribution in [0.15, 0.2) is 29.4 Å². The van der Waals surface area contributed by atoms with E-state index in [0.717, 1.165) is 24.5 Å². The minimum Gasteiger partial charge on any atom is -0.378 e. The Labute approximate surface area is 124 Å². The maximum absolute atomic E-state index is 11.9. The predicted octanol–water partition coefficient (Wildman–Crippen LogP) is 2.35.